The summed E-state index contributed by atoms with van der Waals surface area (Å²) in [6, 6.07) is 13.6. The maximum atomic E-state index is 12.5. The van der Waals surface area contributed by atoms with Crippen molar-refractivity contribution in [3.8, 4) is 11.4 Å². The number of aryl methyl sites for hydroxylation is 2. The highest BCUT2D eigenvalue weighted by Gasteiger charge is 2.17. The third-order valence-electron chi connectivity index (χ3n) is 4.35. The van der Waals surface area contributed by atoms with Crippen LogP contribution in [-0.2, 0) is 4.79 Å². The van der Waals surface area contributed by atoms with Gasteiger partial charge >= 0.3 is 0 Å². The number of hydrogen-bond acceptors (Lipinski definition) is 5. The molecule has 3 heterocycles. The zero-order valence-corrected chi connectivity index (χ0v) is 16.9. The predicted octanol–water partition coefficient (Wildman–Crippen LogP) is 3.80. The first-order valence-corrected chi connectivity index (χ1v) is 10.1. The Kier molecular flexibility index (Phi) is 5.44. The number of thioether (sulfide) groups is 1. The van der Waals surface area contributed by atoms with Gasteiger partial charge in [-0.25, -0.2) is 4.68 Å². The number of carbonyl (C=O) groups is 1. The van der Waals surface area contributed by atoms with Gasteiger partial charge in [-0.3, -0.25) is 14.5 Å². The van der Waals surface area contributed by atoms with E-state index < -0.39 is 0 Å². The molecule has 4 rings (SSSR count). The van der Waals surface area contributed by atoms with Crippen LogP contribution in [0.25, 0.3) is 11.4 Å². The summed E-state index contributed by atoms with van der Waals surface area (Å²) in [5.74, 6) is 0.792. The van der Waals surface area contributed by atoms with Crippen LogP contribution in [0.15, 0.2) is 72.4 Å². The fraction of sp³-hybridized carbons (Fsp3) is 0.143. The van der Waals surface area contributed by atoms with E-state index in [0.717, 1.165) is 22.4 Å². The number of benzene rings is 1. The molecular weight excluding hydrogens is 384 g/mol. The Labute approximate surface area is 172 Å². The molecule has 7 nitrogen and oxygen atoms in total. The summed E-state index contributed by atoms with van der Waals surface area (Å²) in [5.41, 5.74) is 3.81. The highest BCUT2D eigenvalue weighted by atomic mass is 32.2. The van der Waals surface area contributed by atoms with Crippen molar-refractivity contribution in [2.45, 2.75) is 19.0 Å². The average Bonchev–Trinajstić information content (AvgIpc) is 3.39. The highest BCUT2D eigenvalue weighted by molar-refractivity contribution is 7.99. The van der Waals surface area contributed by atoms with Crippen molar-refractivity contribution in [3.05, 3.63) is 78.4 Å². The molecular formula is C21H20N6OS. The number of amides is 1. The SMILES string of the molecule is Cc1ccc(C)c(NC(=O)CSc2nnc(-c3cccnc3)n2-n2cccc2)c1. The van der Waals surface area contributed by atoms with Crippen LogP contribution in [0, 0.1) is 13.8 Å². The Morgan fingerprint density at radius 2 is 1.93 bits per heavy atom. The van der Waals surface area contributed by atoms with E-state index in [1.165, 1.54) is 11.8 Å². The molecule has 1 N–H and O–H groups in total. The van der Waals surface area contributed by atoms with Gasteiger partial charge in [0, 0.05) is 36.0 Å². The zero-order chi connectivity index (χ0) is 20.2. The molecule has 0 saturated heterocycles. The molecule has 0 radical (unpaired) electrons. The van der Waals surface area contributed by atoms with E-state index in [0.29, 0.717) is 11.0 Å². The lowest BCUT2D eigenvalue weighted by Gasteiger charge is -2.12. The van der Waals surface area contributed by atoms with Gasteiger partial charge in [-0.2, -0.15) is 0 Å². The van der Waals surface area contributed by atoms with Gasteiger partial charge in [0.05, 0.1) is 5.75 Å². The topological polar surface area (TPSA) is 77.6 Å². The van der Waals surface area contributed by atoms with Gasteiger partial charge in [-0.15, -0.1) is 10.2 Å². The number of nitrogens with zero attached hydrogens (tertiary/aromatic N) is 5. The first kappa shape index (κ1) is 18.9. The lowest BCUT2D eigenvalue weighted by Crippen LogP contribution is -2.16. The normalized spacial score (nSPS) is 10.8. The molecule has 0 aliphatic heterocycles. The summed E-state index contributed by atoms with van der Waals surface area (Å²) in [4.78, 5) is 16.7. The van der Waals surface area contributed by atoms with Crippen LogP contribution in [0.2, 0.25) is 0 Å². The van der Waals surface area contributed by atoms with Crippen molar-refractivity contribution < 1.29 is 4.79 Å². The first-order chi connectivity index (χ1) is 14.1. The van der Waals surface area contributed by atoms with Crippen LogP contribution in [0.4, 0.5) is 5.69 Å². The van der Waals surface area contributed by atoms with Gasteiger partial charge in [0.1, 0.15) is 0 Å². The maximum absolute atomic E-state index is 12.5. The van der Waals surface area contributed by atoms with E-state index in [1.54, 1.807) is 12.4 Å². The van der Waals surface area contributed by atoms with E-state index in [-0.39, 0.29) is 11.7 Å². The van der Waals surface area contributed by atoms with Crippen LogP contribution in [0.3, 0.4) is 0 Å². The third-order valence-corrected chi connectivity index (χ3v) is 5.27. The van der Waals surface area contributed by atoms with Crippen LogP contribution < -0.4 is 5.32 Å². The van der Waals surface area contributed by atoms with Gasteiger partial charge in [0.25, 0.3) is 0 Å². The molecule has 8 heteroatoms. The van der Waals surface area contributed by atoms with Crippen LogP contribution in [0.1, 0.15) is 11.1 Å². The molecule has 0 fully saturated rings. The first-order valence-electron chi connectivity index (χ1n) is 9.11. The average molecular weight is 404 g/mol. The highest BCUT2D eigenvalue weighted by Crippen LogP contribution is 2.24. The van der Waals surface area contributed by atoms with Crippen molar-refractivity contribution in [2.75, 3.05) is 11.1 Å². The van der Waals surface area contributed by atoms with E-state index in [4.69, 9.17) is 0 Å². The van der Waals surface area contributed by atoms with Crippen LogP contribution >= 0.6 is 11.8 Å². The summed E-state index contributed by atoms with van der Waals surface area (Å²) >= 11 is 1.33. The number of pyridine rings is 1. The summed E-state index contributed by atoms with van der Waals surface area (Å²) < 4.78 is 3.75. The number of anilines is 1. The minimum atomic E-state index is -0.0892. The molecule has 0 aliphatic rings. The molecule has 1 amide bonds. The minimum Gasteiger partial charge on any atom is -0.325 e. The Morgan fingerprint density at radius 1 is 1.10 bits per heavy atom. The molecule has 0 spiro atoms. The van der Waals surface area contributed by atoms with Crippen molar-refractivity contribution in [3.63, 3.8) is 0 Å². The second-order valence-corrected chi connectivity index (χ2v) is 7.52. The number of carbonyl (C=O) groups excluding carboxylic acids is 1. The van der Waals surface area contributed by atoms with Crippen molar-refractivity contribution in [1.29, 1.82) is 0 Å². The molecule has 0 saturated carbocycles. The molecule has 0 atom stereocenters. The molecule has 0 bridgehead atoms. The molecule has 4 aromatic rings. The van der Waals surface area contributed by atoms with Gasteiger partial charge in [-0.1, -0.05) is 23.9 Å². The Balaban J connectivity index is 1.55. The number of rotatable bonds is 6. The summed E-state index contributed by atoms with van der Waals surface area (Å²) in [6.45, 7) is 3.98. The lowest BCUT2D eigenvalue weighted by atomic mass is 10.1. The molecule has 3 aromatic heterocycles. The smallest absolute Gasteiger partial charge is 0.234 e. The van der Waals surface area contributed by atoms with Crippen LogP contribution in [0.5, 0.6) is 0 Å². The quantitative estimate of drug-likeness (QED) is 0.495. The predicted molar refractivity (Wildman–Crippen MR) is 114 cm³/mol. The fourth-order valence-corrected chi connectivity index (χ4v) is 3.62. The molecule has 1 aromatic carbocycles. The van der Waals surface area contributed by atoms with Crippen LogP contribution in [-0.4, -0.2) is 36.2 Å². The monoisotopic (exact) mass is 404 g/mol. The molecule has 0 aliphatic carbocycles. The Bertz CT molecular complexity index is 1120. The van der Waals surface area contributed by atoms with E-state index in [2.05, 4.69) is 20.5 Å². The second kappa shape index (κ2) is 8.32. The summed E-state index contributed by atoms with van der Waals surface area (Å²) in [5, 5.41) is 12.2. The van der Waals surface area contributed by atoms with E-state index in [1.807, 2.05) is 78.1 Å². The second-order valence-electron chi connectivity index (χ2n) is 6.58. The Hall–Kier alpha value is -3.39. The minimum absolute atomic E-state index is 0.0892. The summed E-state index contributed by atoms with van der Waals surface area (Å²) in [6.07, 6.45) is 7.27. The van der Waals surface area contributed by atoms with Crippen molar-refractivity contribution in [1.82, 2.24) is 24.5 Å². The van der Waals surface area contributed by atoms with Gasteiger partial charge in [0.2, 0.25) is 11.1 Å². The number of nitrogens with one attached hydrogen (secondary N) is 1. The number of aromatic nitrogens is 5. The van der Waals surface area contributed by atoms with Crippen molar-refractivity contribution >= 4 is 23.4 Å². The lowest BCUT2D eigenvalue weighted by molar-refractivity contribution is -0.113. The zero-order valence-electron chi connectivity index (χ0n) is 16.1. The molecule has 0 unspecified atom stereocenters. The van der Waals surface area contributed by atoms with Crippen molar-refractivity contribution in [2.24, 2.45) is 0 Å². The number of hydrogen-bond donors (Lipinski definition) is 1. The maximum Gasteiger partial charge on any atom is 0.234 e. The molecule has 146 valence electrons. The van der Waals surface area contributed by atoms with E-state index in [9.17, 15) is 4.79 Å². The fourth-order valence-electron chi connectivity index (χ4n) is 2.88. The molecule has 29 heavy (non-hydrogen) atoms. The standard InChI is InChI=1S/C21H20N6OS/c1-15-7-8-16(2)18(12-15)23-19(28)14-29-21-25-24-20(17-6-5-9-22-13-17)27(21)26-10-3-4-11-26/h3-13H,14H2,1-2H3,(H,23,28). The third kappa shape index (κ3) is 4.22. The largest absolute Gasteiger partial charge is 0.325 e. The van der Waals surface area contributed by atoms with Gasteiger partial charge in [0.15, 0.2) is 5.82 Å². The Morgan fingerprint density at radius 3 is 2.69 bits per heavy atom. The summed E-state index contributed by atoms with van der Waals surface area (Å²) in [7, 11) is 0. The van der Waals surface area contributed by atoms with Gasteiger partial charge < -0.3 is 5.32 Å². The van der Waals surface area contributed by atoms with Gasteiger partial charge in [-0.05, 0) is 55.3 Å². The van der Waals surface area contributed by atoms with E-state index >= 15 is 0 Å².